The molecular weight excluding hydrogens is 346 g/mol. The summed E-state index contributed by atoms with van der Waals surface area (Å²) in [6, 6.07) is 5.05. The zero-order valence-electron chi connectivity index (χ0n) is 14.1. The minimum atomic E-state index is -0.858. The maximum absolute atomic E-state index is 12.9. The molecule has 2 aliphatic heterocycles. The van der Waals surface area contributed by atoms with Gasteiger partial charge in [0, 0.05) is 25.6 Å². The van der Waals surface area contributed by atoms with Crippen molar-refractivity contribution >= 4 is 29.3 Å². The minimum Gasteiger partial charge on any atom is -0.480 e. The van der Waals surface area contributed by atoms with Crippen molar-refractivity contribution in [3.8, 4) is 0 Å². The van der Waals surface area contributed by atoms with Gasteiger partial charge in [-0.1, -0.05) is 23.7 Å². The third-order valence-corrected chi connectivity index (χ3v) is 4.93. The summed E-state index contributed by atoms with van der Waals surface area (Å²) in [5, 5.41) is 12.5. The summed E-state index contributed by atoms with van der Waals surface area (Å²) in [5.41, 5.74) is 1.50. The number of para-hydroxylation sites is 1. The van der Waals surface area contributed by atoms with Crippen molar-refractivity contribution in [2.75, 3.05) is 44.7 Å². The first kappa shape index (κ1) is 18.0. The van der Waals surface area contributed by atoms with Crippen LogP contribution in [0.25, 0.3) is 0 Å². The first-order valence-corrected chi connectivity index (χ1v) is 8.66. The van der Waals surface area contributed by atoms with Crippen LogP contribution in [0.5, 0.6) is 0 Å². The lowest BCUT2D eigenvalue weighted by molar-refractivity contribution is -0.138. The first-order valence-electron chi connectivity index (χ1n) is 8.28. The number of hydrogen-bond donors (Lipinski definition) is 2. The molecule has 7 nitrogen and oxygen atoms in total. The zero-order chi connectivity index (χ0) is 18.0. The number of carboxylic acid groups (broad SMARTS) is 1. The fourth-order valence-corrected chi connectivity index (χ4v) is 3.75. The molecule has 0 aliphatic carbocycles. The molecule has 25 heavy (non-hydrogen) atoms. The van der Waals surface area contributed by atoms with E-state index in [0.717, 1.165) is 5.56 Å². The Bertz CT molecular complexity index is 649. The molecule has 0 unspecified atom stereocenters. The molecule has 2 amide bonds. The van der Waals surface area contributed by atoms with Crippen LogP contribution in [-0.4, -0.2) is 72.3 Å². The standard InChI is InChI=1S/C17H22ClN3O4/c1-11-3-2-4-14(18)16(11)19-17(24)21-6-12-5-20(8-15(22)23)7-13(21)10-25-9-12/h2-4,12-13H,5-10H2,1H3,(H,19,24)(H,22,23)/t12-,13-/m0/s1. The molecule has 8 heteroatoms. The monoisotopic (exact) mass is 367 g/mol. The van der Waals surface area contributed by atoms with Gasteiger partial charge in [0.1, 0.15) is 0 Å². The van der Waals surface area contributed by atoms with Crippen LogP contribution in [0.1, 0.15) is 5.56 Å². The molecule has 0 spiro atoms. The first-order chi connectivity index (χ1) is 11.9. The highest BCUT2D eigenvalue weighted by Gasteiger charge is 2.36. The molecule has 2 saturated heterocycles. The molecule has 0 saturated carbocycles. The predicted molar refractivity (Wildman–Crippen MR) is 94.1 cm³/mol. The third kappa shape index (κ3) is 4.23. The highest BCUT2D eigenvalue weighted by atomic mass is 35.5. The number of urea groups is 1. The Hall–Kier alpha value is -1.83. The Morgan fingerprint density at radius 2 is 2.12 bits per heavy atom. The summed E-state index contributed by atoms with van der Waals surface area (Å²) < 4.78 is 5.67. The molecule has 2 N–H and O–H groups in total. The lowest BCUT2D eigenvalue weighted by Crippen LogP contribution is -2.48. The highest BCUT2D eigenvalue weighted by molar-refractivity contribution is 6.33. The number of amides is 2. The van der Waals surface area contributed by atoms with Gasteiger partial charge < -0.3 is 20.1 Å². The van der Waals surface area contributed by atoms with Gasteiger partial charge in [-0.25, -0.2) is 4.79 Å². The molecule has 2 bridgehead atoms. The topological polar surface area (TPSA) is 82.1 Å². The number of carbonyl (C=O) groups is 2. The number of nitrogens with one attached hydrogen (secondary N) is 1. The number of halogens is 1. The van der Waals surface area contributed by atoms with Crippen molar-refractivity contribution in [1.29, 1.82) is 0 Å². The van der Waals surface area contributed by atoms with E-state index >= 15 is 0 Å². The van der Waals surface area contributed by atoms with Crippen LogP contribution in [0.4, 0.5) is 10.5 Å². The lowest BCUT2D eigenvalue weighted by atomic mass is 10.1. The van der Waals surface area contributed by atoms with Crippen molar-refractivity contribution in [2.45, 2.75) is 13.0 Å². The van der Waals surface area contributed by atoms with E-state index in [4.69, 9.17) is 21.4 Å². The zero-order valence-corrected chi connectivity index (χ0v) is 14.8. The Kier molecular flexibility index (Phi) is 5.46. The van der Waals surface area contributed by atoms with E-state index in [1.54, 1.807) is 11.0 Å². The molecule has 2 atom stereocenters. The van der Waals surface area contributed by atoms with Gasteiger partial charge in [0.25, 0.3) is 0 Å². The second-order valence-corrected chi connectivity index (χ2v) is 7.07. The second kappa shape index (κ2) is 7.59. The molecule has 2 heterocycles. The average molecular weight is 368 g/mol. The van der Waals surface area contributed by atoms with Gasteiger partial charge in [-0.2, -0.15) is 0 Å². The second-order valence-electron chi connectivity index (χ2n) is 6.66. The van der Waals surface area contributed by atoms with E-state index in [1.807, 2.05) is 24.0 Å². The number of aryl methyl sites for hydroxylation is 1. The van der Waals surface area contributed by atoms with Gasteiger partial charge in [-0.05, 0) is 18.6 Å². The summed E-state index contributed by atoms with van der Waals surface area (Å²) in [6.45, 7) is 4.43. The number of nitrogens with zero attached hydrogens (tertiary/aromatic N) is 2. The molecule has 2 fully saturated rings. The summed E-state index contributed by atoms with van der Waals surface area (Å²) in [5.74, 6) is -0.770. The van der Waals surface area contributed by atoms with Crippen LogP contribution in [0.15, 0.2) is 18.2 Å². The Morgan fingerprint density at radius 3 is 2.84 bits per heavy atom. The molecule has 136 valence electrons. The van der Waals surface area contributed by atoms with Crippen LogP contribution >= 0.6 is 11.6 Å². The average Bonchev–Trinajstić information content (AvgIpc) is 2.81. The lowest BCUT2D eigenvalue weighted by Gasteiger charge is -2.30. The largest absolute Gasteiger partial charge is 0.480 e. The predicted octanol–water partition coefficient (Wildman–Crippen LogP) is 1.90. The number of aliphatic carboxylic acids is 1. The number of carboxylic acids is 1. The van der Waals surface area contributed by atoms with Crippen LogP contribution in [0, 0.1) is 12.8 Å². The van der Waals surface area contributed by atoms with E-state index in [-0.39, 0.29) is 24.5 Å². The molecule has 3 rings (SSSR count). The number of benzene rings is 1. The van der Waals surface area contributed by atoms with Crippen molar-refractivity contribution in [1.82, 2.24) is 9.80 Å². The van der Waals surface area contributed by atoms with Crippen molar-refractivity contribution in [3.63, 3.8) is 0 Å². The van der Waals surface area contributed by atoms with Crippen LogP contribution < -0.4 is 5.32 Å². The molecule has 0 aromatic heterocycles. The molecule has 2 aliphatic rings. The fourth-order valence-electron chi connectivity index (χ4n) is 3.48. The summed E-state index contributed by atoms with van der Waals surface area (Å²) in [6.07, 6.45) is 0. The number of carbonyl (C=O) groups excluding carboxylic acids is 1. The number of anilines is 1. The van der Waals surface area contributed by atoms with Crippen molar-refractivity contribution in [3.05, 3.63) is 28.8 Å². The summed E-state index contributed by atoms with van der Waals surface area (Å²) in [7, 11) is 0. The van der Waals surface area contributed by atoms with Gasteiger partial charge in [0.2, 0.25) is 0 Å². The van der Waals surface area contributed by atoms with Crippen LogP contribution in [0.3, 0.4) is 0 Å². The Labute approximate surface area is 151 Å². The van der Waals surface area contributed by atoms with Gasteiger partial charge in [-0.15, -0.1) is 0 Å². The number of hydrogen-bond acceptors (Lipinski definition) is 4. The Balaban J connectivity index is 1.77. The van der Waals surface area contributed by atoms with Crippen molar-refractivity contribution in [2.24, 2.45) is 5.92 Å². The van der Waals surface area contributed by atoms with Gasteiger partial charge in [0.15, 0.2) is 0 Å². The number of rotatable bonds is 3. The van der Waals surface area contributed by atoms with E-state index in [9.17, 15) is 9.59 Å². The number of fused-ring (bicyclic) bond motifs is 3. The molecule has 1 aromatic carbocycles. The van der Waals surface area contributed by atoms with Crippen LogP contribution in [-0.2, 0) is 9.53 Å². The maximum Gasteiger partial charge on any atom is 0.322 e. The van der Waals surface area contributed by atoms with Gasteiger partial charge >= 0.3 is 12.0 Å². The van der Waals surface area contributed by atoms with E-state index in [0.29, 0.717) is 43.6 Å². The molecule has 1 aromatic rings. The van der Waals surface area contributed by atoms with E-state index in [2.05, 4.69) is 5.32 Å². The number of ether oxygens (including phenoxy) is 1. The normalized spacial score (nSPS) is 23.8. The third-order valence-electron chi connectivity index (χ3n) is 4.62. The summed E-state index contributed by atoms with van der Waals surface area (Å²) in [4.78, 5) is 27.5. The maximum atomic E-state index is 12.9. The van der Waals surface area contributed by atoms with E-state index in [1.165, 1.54) is 0 Å². The summed E-state index contributed by atoms with van der Waals surface area (Å²) >= 11 is 6.21. The minimum absolute atomic E-state index is 0.0217. The smallest absolute Gasteiger partial charge is 0.322 e. The van der Waals surface area contributed by atoms with E-state index < -0.39 is 5.97 Å². The van der Waals surface area contributed by atoms with Crippen molar-refractivity contribution < 1.29 is 19.4 Å². The SMILES string of the molecule is Cc1cccc(Cl)c1NC(=O)N1C[C@H]2COC[C@@H]1CN(CC(=O)O)C2. The van der Waals surface area contributed by atoms with Crippen LogP contribution in [0.2, 0.25) is 5.02 Å². The molecular formula is C17H22ClN3O4. The Morgan fingerprint density at radius 1 is 1.32 bits per heavy atom. The highest BCUT2D eigenvalue weighted by Crippen LogP contribution is 2.27. The van der Waals surface area contributed by atoms with Gasteiger partial charge in [-0.3, -0.25) is 9.69 Å². The molecule has 0 radical (unpaired) electrons. The fraction of sp³-hybridized carbons (Fsp3) is 0.529. The van der Waals surface area contributed by atoms with Gasteiger partial charge in [0.05, 0.1) is 36.5 Å². The quantitative estimate of drug-likeness (QED) is 0.852.